The summed E-state index contributed by atoms with van der Waals surface area (Å²) >= 11 is 5.60. The van der Waals surface area contributed by atoms with E-state index in [2.05, 4.69) is 37.1 Å². The molecule has 0 radical (unpaired) electrons. The van der Waals surface area contributed by atoms with Crippen molar-refractivity contribution in [3.05, 3.63) is 40.4 Å². The third kappa shape index (κ3) is 3.07. The van der Waals surface area contributed by atoms with Gasteiger partial charge in [-0.1, -0.05) is 12.1 Å². The van der Waals surface area contributed by atoms with Gasteiger partial charge in [-0.15, -0.1) is 0 Å². The monoisotopic (exact) mass is 305 g/mol. The maximum Gasteiger partial charge on any atom is 0.207 e. The van der Waals surface area contributed by atoms with E-state index in [4.69, 9.17) is 17.0 Å². The Morgan fingerprint density at radius 1 is 1.29 bits per heavy atom. The van der Waals surface area contributed by atoms with E-state index in [1.807, 2.05) is 15.6 Å². The molecule has 2 heterocycles. The molecule has 0 atom stereocenters. The van der Waals surface area contributed by atoms with Crippen molar-refractivity contribution >= 4 is 12.2 Å². The topological polar surface area (TPSA) is 36.4 Å². The fourth-order valence-corrected chi connectivity index (χ4v) is 2.88. The molecular formula is C15H21N4OS+. The minimum absolute atomic E-state index is 0.752. The number of nitrogens with one attached hydrogen (secondary N) is 1. The van der Waals surface area contributed by atoms with E-state index in [1.165, 1.54) is 16.0 Å². The number of hydrogen-bond acceptors (Lipinski definition) is 3. The highest BCUT2D eigenvalue weighted by Gasteiger charge is 2.16. The lowest BCUT2D eigenvalue weighted by atomic mass is 10.1. The predicted molar refractivity (Wildman–Crippen MR) is 83.4 cm³/mol. The Bertz CT molecular complexity index is 685. The number of nitrogens with zero attached hydrogens (tertiary/aromatic N) is 3. The molecule has 0 bridgehead atoms. The highest BCUT2D eigenvalue weighted by molar-refractivity contribution is 7.71. The van der Waals surface area contributed by atoms with Crippen molar-refractivity contribution in [2.45, 2.75) is 20.5 Å². The molecule has 1 aromatic carbocycles. The second kappa shape index (κ2) is 6.09. The predicted octanol–water partition coefficient (Wildman–Crippen LogP) is 0.893. The first-order valence-electron chi connectivity index (χ1n) is 7.28. The summed E-state index contributed by atoms with van der Waals surface area (Å²) < 4.78 is 10.1. The number of hydrogen-bond donors (Lipinski definition) is 1. The van der Waals surface area contributed by atoms with E-state index in [0.717, 1.165) is 43.4 Å². The Labute approximate surface area is 129 Å². The number of benzene rings is 1. The number of aromatic nitrogens is 3. The summed E-state index contributed by atoms with van der Waals surface area (Å²) in [6.07, 6.45) is 1.82. The van der Waals surface area contributed by atoms with E-state index in [1.54, 1.807) is 0 Å². The SMILES string of the molecule is Cc1ccc(C)c(-n2cnn(C[NH+]3CCOCC3)c2=S)c1. The van der Waals surface area contributed by atoms with Gasteiger partial charge in [0.05, 0.1) is 18.9 Å². The third-order valence-corrected chi connectivity index (χ3v) is 4.34. The first-order chi connectivity index (χ1) is 10.1. The molecule has 1 fully saturated rings. The molecule has 1 aliphatic heterocycles. The van der Waals surface area contributed by atoms with Crippen LogP contribution in [0.1, 0.15) is 11.1 Å². The summed E-state index contributed by atoms with van der Waals surface area (Å²) in [7, 11) is 0. The number of morpholine rings is 1. The molecule has 6 heteroatoms. The lowest BCUT2D eigenvalue weighted by Gasteiger charge is -2.23. The Kier molecular flexibility index (Phi) is 4.19. The minimum Gasteiger partial charge on any atom is -0.370 e. The summed E-state index contributed by atoms with van der Waals surface area (Å²) in [5, 5.41) is 4.47. The molecule has 1 N–H and O–H groups in total. The van der Waals surface area contributed by atoms with Crippen molar-refractivity contribution in [1.82, 2.24) is 14.3 Å². The second-order valence-corrected chi connectivity index (χ2v) is 5.96. The van der Waals surface area contributed by atoms with E-state index >= 15 is 0 Å². The summed E-state index contributed by atoms with van der Waals surface area (Å²) in [6, 6.07) is 6.39. The number of aryl methyl sites for hydroxylation is 2. The van der Waals surface area contributed by atoms with Gasteiger partial charge in [-0.05, 0) is 43.3 Å². The zero-order valence-corrected chi connectivity index (χ0v) is 13.3. The van der Waals surface area contributed by atoms with Gasteiger partial charge in [0.2, 0.25) is 4.77 Å². The lowest BCUT2D eigenvalue weighted by molar-refractivity contribution is -0.930. The molecule has 3 rings (SSSR count). The van der Waals surface area contributed by atoms with Gasteiger partial charge in [0.15, 0.2) is 6.67 Å². The van der Waals surface area contributed by atoms with E-state index in [9.17, 15) is 0 Å². The molecule has 0 spiro atoms. The van der Waals surface area contributed by atoms with Crippen LogP contribution >= 0.6 is 12.2 Å². The molecule has 1 aliphatic rings. The standard InChI is InChI=1S/C15H20N4OS/c1-12-3-4-13(2)14(9-12)18-10-16-19(15(18)21)11-17-5-7-20-8-6-17/h3-4,9-10H,5-8,11H2,1-2H3/p+1. The number of quaternary nitrogens is 1. The van der Waals surface area contributed by atoms with Crippen molar-refractivity contribution in [1.29, 1.82) is 0 Å². The van der Waals surface area contributed by atoms with Crippen LogP contribution < -0.4 is 4.90 Å². The number of ether oxygens (including phenoxy) is 1. The van der Waals surface area contributed by atoms with Gasteiger partial charge in [0, 0.05) is 0 Å². The Morgan fingerprint density at radius 3 is 2.81 bits per heavy atom. The first-order valence-corrected chi connectivity index (χ1v) is 7.69. The molecule has 21 heavy (non-hydrogen) atoms. The quantitative estimate of drug-likeness (QED) is 0.856. The van der Waals surface area contributed by atoms with Crippen molar-refractivity contribution < 1.29 is 9.64 Å². The third-order valence-electron chi connectivity index (χ3n) is 3.93. The Hall–Kier alpha value is -1.50. The zero-order valence-electron chi connectivity index (χ0n) is 12.5. The van der Waals surface area contributed by atoms with Crippen LogP contribution in [0.5, 0.6) is 0 Å². The van der Waals surface area contributed by atoms with Crippen molar-refractivity contribution in [2.75, 3.05) is 26.3 Å². The average Bonchev–Trinajstić information content (AvgIpc) is 2.84. The highest BCUT2D eigenvalue weighted by Crippen LogP contribution is 2.16. The van der Waals surface area contributed by atoms with Gasteiger partial charge >= 0.3 is 0 Å². The average molecular weight is 305 g/mol. The van der Waals surface area contributed by atoms with Crippen LogP contribution in [-0.4, -0.2) is 40.7 Å². The van der Waals surface area contributed by atoms with E-state index in [0.29, 0.717) is 0 Å². The number of rotatable bonds is 3. The van der Waals surface area contributed by atoms with Crippen LogP contribution in [0.25, 0.3) is 5.69 Å². The molecule has 0 unspecified atom stereocenters. The molecular weight excluding hydrogens is 284 g/mol. The fraction of sp³-hybridized carbons (Fsp3) is 0.467. The van der Waals surface area contributed by atoms with E-state index < -0.39 is 0 Å². The summed E-state index contributed by atoms with van der Waals surface area (Å²) in [6.45, 7) is 8.66. The molecule has 0 saturated carbocycles. The molecule has 1 saturated heterocycles. The van der Waals surface area contributed by atoms with Gasteiger partial charge < -0.3 is 9.64 Å². The minimum atomic E-state index is 0.752. The van der Waals surface area contributed by atoms with Crippen molar-refractivity contribution in [3.63, 3.8) is 0 Å². The van der Waals surface area contributed by atoms with Crippen LogP contribution in [0.3, 0.4) is 0 Å². The maximum absolute atomic E-state index is 5.60. The Balaban J connectivity index is 1.88. The van der Waals surface area contributed by atoms with Gasteiger partial charge in [0.25, 0.3) is 0 Å². The van der Waals surface area contributed by atoms with Gasteiger partial charge in [-0.2, -0.15) is 9.78 Å². The normalized spacial score (nSPS) is 16.3. The highest BCUT2D eigenvalue weighted by atomic mass is 32.1. The molecule has 0 amide bonds. The smallest absolute Gasteiger partial charge is 0.207 e. The summed E-state index contributed by atoms with van der Waals surface area (Å²) in [5.74, 6) is 0. The van der Waals surface area contributed by atoms with Crippen LogP contribution in [0.2, 0.25) is 0 Å². The summed E-state index contributed by atoms with van der Waals surface area (Å²) in [5.41, 5.74) is 3.54. The Morgan fingerprint density at radius 2 is 2.05 bits per heavy atom. The first kappa shape index (κ1) is 14.4. The van der Waals surface area contributed by atoms with E-state index in [-0.39, 0.29) is 0 Å². The van der Waals surface area contributed by atoms with Gasteiger partial charge in [0.1, 0.15) is 19.4 Å². The molecule has 112 valence electrons. The van der Waals surface area contributed by atoms with Crippen LogP contribution in [-0.2, 0) is 11.4 Å². The van der Waals surface area contributed by atoms with Crippen LogP contribution in [0, 0.1) is 18.6 Å². The second-order valence-electron chi connectivity index (χ2n) is 5.59. The molecule has 5 nitrogen and oxygen atoms in total. The van der Waals surface area contributed by atoms with Crippen molar-refractivity contribution in [3.8, 4) is 5.69 Å². The van der Waals surface area contributed by atoms with Crippen molar-refractivity contribution in [2.24, 2.45) is 0 Å². The van der Waals surface area contributed by atoms with Gasteiger partial charge in [-0.3, -0.25) is 4.57 Å². The fourth-order valence-electron chi connectivity index (χ4n) is 2.62. The lowest BCUT2D eigenvalue weighted by Crippen LogP contribution is -3.13. The van der Waals surface area contributed by atoms with Crippen LogP contribution in [0.4, 0.5) is 0 Å². The van der Waals surface area contributed by atoms with Crippen LogP contribution in [0.15, 0.2) is 24.5 Å². The largest absolute Gasteiger partial charge is 0.370 e. The molecule has 1 aromatic heterocycles. The summed E-state index contributed by atoms with van der Waals surface area (Å²) in [4.78, 5) is 1.46. The van der Waals surface area contributed by atoms with Gasteiger partial charge in [-0.25, -0.2) is 0 Å². The maximum atomic E-state index is 5.60. The zero-order chi connectivity index (χ0) is 14.8. The molecule has 0 aliphatic carbocycles. The molecule has 2 aromatic rings.